The summed E-state index contributed by atoms with van der Waals surface area (Å²) in [4.78, 5) is 6.17. The van der Waals surface area contributed by atoms with Gasteiger partial charge in [0, 0.05) is 11.4 Å². The number of thiazole rings is 1. The lowest BCUT2D eigenvalue weighted by Gasteiger charge is -2.02. The Hall–Kier alpha value is -1.13. The van der Waals surface area contributed by atoms with Gasteiger partial charge in [0.15, 0.2) is 0 Å². The van der Waals surface area contributed by atoms with Gasteiger partial charge in [-0.05, 0) is 32.4 Å². The first kappa shape index (κ1) is 14.3. The Morgan fingerprint density at radius 1 is 1.32 bits per heavy atom. The maximum Gasteiger partial charge on any atom is 0.127 e. The molecule has 2 heterocycles. The van der Waals surface area contributed by atoms with Gasteiger partial charge in [0.25, 0.3) is 0 Å². The Bertz CT molecular complexity index is 516. The molecule has 0 aliphatic carbocycles. The Balaban J connectivity index is 2.22. The maximum atomic E-state index is 5.38. The Labute approximate surface area is 119 Å². The molecule has 0 spiro atoms. The molecule has 104 valence electrons. The highest BCUT2D eigenvalue weighted by Gasteiger charge is 2.14. The highest BCUT2D eigenvalue weighted by atomic mass is 32.1. The summed E-state index contributed by atoms with van der Waals surface area (Å²) in [5.41, 5.74) is 2.37. The predicted octanol–water partition coefficient (Wildman–Crippen LogP) is 4.16. The first-order valence-corrected chi connectivity index (χ1v) is 7.81. The molecule has 0 atom stereocenters. The van der Waals surface area contributed by atoms with Gasteiger partial charge in [-0.3, -0.25) is 0 Å². The molecule has 0 aliphatic heterocycles. The minimum atomic E-state index is 0.928. The van der Waals surface area contributed by atoms with Gasteiger partial charge < -0.3 is 9.73 Å². The molecule has 0 radical (unpaired) electrons. The van der Waals surface area contributed by atoms with Gasteiger partial charge >= 0.3 is 0 Å². The number of aryl methyl sites for hydroxylation is 2. The van der Waals surface area contributed by atoms with E-state index in [2.05, 4.69) is 19.2 Å². The van der Waals surface area contributed by atoms with Crippen molar-refractivity contribution in [2.45, 2.75) is 46.6 Å². The normalized spacial score (nSPS) is 11.1. The third kappa shape index (κ3) is 3.45. The SMILES string of the molecule is CCCNCc1sc(-c2ccoc2C)nc1CCC. The fourth-order valence-electron chi connectivity index (χ4n) is 2.05. The lowest BCUT2D eigenvalue weighted by Crippen LogP contribution is -2.13. The van der Waals surface area contributed by atoms with Crippen molar-refractivity contribution in [2.24, 2.45) is 0 Å². The summed E-state index contributed by atoms with van der Waals surface area (Å²) in [5, 5.41) is 4.56. The molecule has 0 amide bonds. The first-order valence-electron chi connectivity index (χ1n) is 7.00. The van der Waals surface area contributed by atoms with E-state index in [0.717, 1.165) is 48.7 Å². The van der Waals surface area contributed by atoms with Crippen LogP contribution >= 0.6 is 11.3 Å². The number of rotatable bonds is 7. The van der Waals surface area contributed by atoms with Gasteiger partial charge in [-0.25, -0.2) is 4.98 Å². The molecule has 0 unspecified atom stereocenters. The maximum absolute atomic E-state index is 5.38. The number of aromatic nitrogens is 1. The number of hydrogen-bond acceptors (Lipinski definition) is 4. The fourth-order valence-corrected chi connectivity index (χ4v) is 3.21. The van der Waals surface area contributed by atoms with Crippen molar-refractivity contribution in [1.29, 1.82) is 0 Å². The van der Waals surface area contributed by atoms with E-state index in [1.165, 1.54) is 10.6 Å². The fraction of sp³-hybridized carbons (Fsp3) is 0.533. The molecule has 0 aromatic carbocycles. The molecule has 0 saturated heterocycles. The minimum Gasteiger partial charge on any atom is -0.469 e. The lowest BCUT2D eigenvalue weighted by molar-refractivity contribution is 0.535. The van der Waals surface area contributed by atoms with Crippen LogP contribution < -0.4 is 5.32 Å². The average molecular weight is 278 g/mol. The quantitative estimate of drug-likeness (QED) is 0.773. The van der Waals surface area contributed by atoms with E-state index in [1.54, 1.807) is 17.6 Å². The van der Waals surface area contributed by atoms with Crippen LogP contribution in [0.4, 0.5) is 0 Å². The molecule has 2 aromatic rings. The van der Waals surface area contributed by atoms with Crippen LogP contribution in [0.15, 0.2) is 16.7 Å². The molecule has 4 heteroatoms. The lowest BCUT2D eigenvalue weighted by atomic mass is 10.2. The van der Waals surface area contributed by atoms with Gasteiger partial charge in [-0.15, -0.1) is 11.3 Å². The Morgan fingerprint density at radius 2 is 2.16 bits per heavy atom. The zero-order valence-corrected chi connectivity index (χ0v) is 12.8. The van der Waals surface area contributed by atoms with E-state index in [1.807, 2.05) is 13.0 Å². The van der Waals surface area contributed by atoms with Gasteiger partial charge in [-0.1, -0.05) is 20.3 Å². The average Bonchev–Trinajstić information content (AvgIpc) is 2.97. The van der Waals surface area contributed by atoms with Crippen LogP contribution in [0.1, 0.15) is 43.0 Å². The summed E-state index contributed by atoms with van der Waals surface area (Å²) in [5.74, 6) is 0.949. The molecule has 0 bridgehead atoms. The topological polar surface area (TPSA) is 38.1 Å². The van der Waals surface area contributed by atoms with Crippen molar-refractivity contribution in [2.75, 3.05) is 6.54 Å². The second-order valence-electron chi connectivity index (χ2n) is 4.71. The van der Waals surface area contributed by atoms with E-state index < -0.39 is 0 Å². The van der Waals surface area contributed by atoms with Crippen LogP contribution in [0.5, 0.6) is 0 Å². The monoisotopic (exact) mass is 278 g/mol. The standard InChI is InChI=1S/C15H22N2OS/c1-4-6-13-14(10-16-8-5-2)19-15(17-13)12-7-9-18-11(12)3/h7,9,16H,4-6,8,10H2,1-3H3. The van der Waals surface area contributed by atoms with Crippen LogP contribution in [0, 0.1) is 6.92 Å². The summed E-state index contributed by atoms with van der Waals surface area (Å²) >= 11 is 1.79. The van der Waals surface area contributed by atoms with Crippen molar-refractivity contribution in [3.63, 3.8) is 0 Å². The van der Waals surface area contributed by atoms with Gasteiger partial charge in [0.1, 0.15) is 10.8 Å². The van der Waals surface area contributed by atoms with Crippen LogP contribution in [0.3, 0.4) is 0 Å². The summed E-state index contributed by atoms with van der Waals surface area (Å²) < 4.78 is 5.38. The van der Waals surface area contributed by atoms with Crippen molar-refractivity contribution in [3.05, 3.63) is 28.7 Å². The van der Waals surface area contributed by atoms with Gasteiger partial charge in [0.05, 0.1) is 17.5 Å². The van der Waals surface area contributed by atoms with Crippen molar-refractivity contribution in [1.82, 2.24) is 10.3 Å². The second kappa shape index (κ2) is 6.87. The first-order chi connectivity index (χ1) is 9.26. The number of furan rings is 1. The summed E-state index contributed by atoms with van der Waals surface area (Å²) in [7, 11) is 0. The second-order valence-corrected chi connectivity index (χ2v) is 5.79. The molecule has 1 N–H and O–H groups in total. The van der Waals surface area contributed by atoms with Crippen LogP contribution in [0.25, 0.3) is 10.6 Å². The van der Waals surface area contributed by atoms with Crippen LogP contribution in [-0.4, -0.2) is 11.5 Å². The molecule has 2 aromatic heterocycles. The highest BCUT2D eigenvalue weighted by molar-refractivity contribution is 7.15. The van der Waals surface area contributed by atoms with Crippen molar-refractivity contribution in [3.8, 4) is 10.6 Å². The summed E-state index contributed by atoms with van der Waals surface area (Å²) in [6.45, 7) is 8.37. The predicted molar refractivity (Wildman–Crippen MR) is 80.5 cm³/mol. The Kier molecular flexibility index (Phi) is 5.16. The molecular weight excluding hydrogens is 256 g/mol. The van der Waals surface area contributed by atoms with Crippen LogP contribution in [0.2, 0.25) is 0 Å². The zero-order chi connectivity index (χ0) is 13.7. The third-order valence-corrected chi connectivity index (χ3v) is 4.20. The molecule has 0 fully saturated rings. The van der Waals surface area contributed by atoms with Crippen molar-refractivity contribution < 1.29 is 4.42 Å². The van der Waals surface area contributed by atoms with Crippen molar-refractivity contribution >= 4 is 11.3 Å². The molecule has 0 saturated carbocycles. The number of nitrogens with one attached hydrogen (secondary N) is 1. The molecule has 0 aliphatic rings. The van der Waals surface area contributed by atoms with E-state index in [9.17, 15) is 0 Å². The largest absolute Gasteiger partial charge is 0.469 e. The van der Waals surface area contributed by atoms with E-state index in [0.29, 0.717) is 0 Å². The smallest absolute Gasteiger partial charge is 0.127 e. The Morgan fingerprint density at radius 3 is 2.79 bits per heavy atom. The minimum absolute atomic E-state index is 0.928. The van der Waals surface area contributed by atoms with E-state index >= 15 is 0 Å². The molecule has 3 nitrogen and oxygen atoms in total. The zero-order valence-electron chi connectivity index (χ0n) is 12.0. The highest BCUT2D eigenvalue weighted by Crippen LogP contribution is 2.31. The van der Waals surface area contributed by atoms with Gasteiger partial charge in [-0.2, -0.15) is 0 Å². The summed E-state index contributed by atoms with van der Waals surface area (Å²) in [6, 6.07) is 2.01. The number of nitrogens with zero attached hydrogens (tertiary/aromatic N) is 1. The molecular formula is C15H22N2OS. The number of hydrogen-bond donors (Lipinski definition) is 1. The van der Waals surface area contributed by atoms with E-state index in [-0.39, 0.29) is 0 Å². The molecule has 2 rings (SSSR count). The van der Waals surface area contributed by atoms with Crippen LogP contribution in [-0.2, 0) is 13.0 Å². The van der Waals surface area contributed by atoms with E-state index in [4.69, 9.17) is 9.40 Å². The van der Waals surface area contributed by atoms with Gasteiger partial charge in [0.2, 0.25) is 0 Å². The molecule has 19 heavy (non-hydrogen) atoms. The third-order valence-electron chi connectivity index (χ3n) is 3.07. The summed E-state index contributed by atoms with van der Waals surface area (Å²) in [6.07, 6.45) is 5.08.